The van der Waals surface area contributed by atoms with Crippen LogP contribution in [0.5, 0.6) is 11.6 Å². The third-order valence-electron chi connectivity index (χ3n) is 7.48. The first kappa shape index (κ1) is 29.8. The van der Waals surface area contributed by atoms with E-state index in [1.165, 1.54) is 24.9 Å². The van der Waals surface area contributed by atoms with Crippen LogP contribution in [-0.4, -0.2) is 43.1 Å². The normalized spacial score (nSPS) is 15.0. The summed E-state index contributed by atoms with van der Waals surface area (Å²) in [6, 6.07) is 3.64. The van der Waals surface area contributed by atoms with Gasteiger partial charge < -0.3 is 18.2 Å². The molecule has 1 saturated heterocycles. The summed E-state index contributed by atoms with van der Waals surface area (Å²) in [5, 5.41) is 4.21. The van der Waals surface area contributed by atoms with Crippen LogP contribution in [0, 0.1) is 0 Å². The second-order valence-corrected chi connectivity index (χ2v) is 12.8. The maximum Gasteiger partial charge on any atom is 0.341 e. The van der Waals surface area contributed by atoms with Gasteiger partial charge in [-0.3, -0.25) is 9.59 Å². The first-order valence-electron chi connectivity index (χ1n) is 13.7. The molecule has 1 aliphatic heterocycles. The number of benzene rings is 1. The Morgan fingerprint density at radius 1 is 0.950 bits per heavy atom. The van der Waals surface area contributed by atoms with Gasteiger partial charge in [-0.2, -0.15) is 8.42 Å². The molecule has 1 fully saturated rings. The molecular formula is C29H39N3O7S. The lowest BCUT2D eigenvalue weighted by atomic mass is 9.89. The summed E-state index contributed by atoms with van der Waals surface area (Å²) in [6.07, 6.45) is 2.63. The zero-order valence-corrected chi connectivity index (χ0v) is 25.3. The molecule has 0 atom stereocenters. The molecule has 218 valence electrons. The molecule has 0 radical (unpaired) electrons. The van der Waals surface area contributed by atoms with Gasteiger partial charge in [0.1, 0.15) is 10.3 Å². The number of aryl methyl sites for hydroxylation is 1. The van der Waals surface area contributed by atoms with Crippen molar-refractivity contribution in [3.8, 4) is 11.6 Å². The fourth-order valence-electron chi connectivity index (χ4n) is 5.19. The highest BCUT2D eigenvalue weighted by molar-refractivity contribution is 7.87. The lowest BCUT2D eigenvalue weighted by molar-refractivity contribution is 0.0685. The Balaban J connectivity index is 2.00. The van der Waals surface area contributed by atoms with E-state index in [-0.39, 0.29) is 51.1 Å². The van der Waals surface area contributed by atoms with Crippen LogP contribution in [0.2, 0.25) is 0 Å². The highest BCUT2D eigenvalue weighted by Gasteiger charge is 2.31. The van der Waals surface area contributed by atoms with E-state index in [0.717, 1.165) is 10.2 Å². The first-order valence-corrected chi connectivity index (χ1v) is 15.1. The van der Waals surface area contributed by atoms with Crippen LogP contribution >= 0.6 is 0 Å². The van der Waals surface area contributed by atoms with Crippen molar-refractivity contribution in [2.45, 2.75) is 83.1 Å². The smallest absolute Gasteiger partial charge is 0.341 e. The minimum Gasteiger partial charge on any atom is -0.490 e. The molecule has 40 heavy (non-hydrogen) atoms. The molecular weight excluding hydrogens is 534 g/mol. The van der Waals surface area contributed by atoms with Crippen molar-refractivity contribution in [3.63, 3.8) is 0 Å². The molecule has 4 rings (SSSR count). The Bertz CT molecular complexity index is 1620. The third kappa shape index (κ3) is 5.41. The van der Waals surface area contributed by atoms with Gasteiger partial charge >= 0.3 is 10.1 Å². The summed E-state index contributed by atoms with van der Waals surface area (Å²) in [6.45, 7) is 12.9. The van der Waals surface area contributed by atoms with Gasteiger partial charge in [0.15, 0.2) is 5.75 Å². The summed E-state index contributed by atoms with van der Waals surface area (Å²) in [5.41, 5.74) is 1.27. The van der Waals surface area contributed by atoms with Crippen LogP contribution in [-0.2, 0) is 21.9 Å². The summed E-state index contributed by atoms with van der Waals surface area (Å²) < 4.78 is 47.3. The van der Waals surface area contributed by atoms with E-state index in [1.807, 2.05) is 39.8 Å². The van der Waals surface area contributed by atoms with Crippen molar-refractivity contribution in [2.75, 3.05) is 20.3 Å². The number of pyridine rings is 1. The van der Waals surface area contributed by atoms with Crippen LogP contribution in [0.15, 0.2) is 32.8 Å². The SMILES string of the molecule is COc1c(=O)n(C2CCOCC2)cc2c(OS(=O)(=O)c3c(C(C)C)cc(C(C)C)cc3C(C)C)nn(C)c(=O)c12. The second-order valence-electron chi connectivity index (χ2n) is 11.3. The van der Waals surface area contributed by atoms with E-state index < -0.39 is 21.2 Å². The highest BCUT2D eigenvalue weighted by Crippen LogP contribution is 2.37. The fourth-order valence-corrected chi connectivity index (χ4v) is 6.77. The van der Waals surface area contributed by atoms with E-state index in [0.29, 0.717) is 37.2 Å². The van der Waals surface area contributed by atoms with E-state index in [9.17, 15) is 18.0 Å². The maximum absolute atomic E-state index is 14.1. The van der Waals surface area contributed by atoms with Crippen molar-refractivity contribution in [2.24, 2.45) is 7.05 Å². The Kier molecular flexibility index (Phi) is 8.46. The topological polar surface area (TPSA) is 119 Å². The molecule has 0 spiro atoms. The van der Waals surface area contributed by atoms with Crippen LogP contribution in [0.25, 0.3) is 10.8 Å². The van der Waals surface area contributed by atoms with Gasteiger partial charge in [0.2, 0.25) is 0 Å². The molecule has 0 aliphatic carbocycles. The maximum atomic E-state index is 14.1. The molecule has 1 aromatic carbocycles. The standard InChI is InChI=1S/C29H39N3O7S/c1-16(2)19-13-21(17(3)4)26(22(14-19)18(5)6)40(35,36)39-27-23-15-32(20-9-11-38-12-10-20)29(34)25(37-8)24(23)28(33)31(7)30-27/h13-18,20H,9-12H2,1-8H3. The molecule has 3 heterocycles. The number of ether oxygens (including phenoxy) is 2. The fraction of sp³-hybridized carbons (Fsp3) is 0.552. The Labute approximate surface area is 235 Å². The van der Waals surface area contributed by atoms with Gasteiger partial charge in [-0.1, -0.05) is 53.7 Å². The van der Waals surface area contributed by atoms with Crippen molar-refractivity contribution in [1.29, 1.82) is 0 Å². The summed E-state index contributed by atoms with van der Waals surface area (Å²) in [7, 11) is -1.74. The van der Waals surface area contributed by atoms with Crippen molar-refractivity contribution in [1.82, 2.24) is 14.3 Å². The van der Waals surface area contributed by atoms with Gasteiger partial charge in [-0.25, -0.2) is 4.68 Å². The molecule has 2 aromatic heterocycles. The van der Waals surface area contributed by atoms with E-state index in [2.05, 4.69) is 18.9 Å². The van der Waals surface area contributed by atoms with E-state index >= 15 is 0 Å². The van der Waals surface area contributed by atoms with E-state index in [1.54, 1.807) is 0 Å². The number of hydrogen-bond donors (Lipinski definition) is 0. The summed E-state index contributed by atoms with van der Waals surface area (Å²) in [5.74, 6) is -0.479. The average Bonchev–Trinajstić information content (AvgIpc) is 2.90. The third-order valence-corrected chi connectivity index (χ3v) is 8.83. The monoisotopic (exact) mass is 573 g/mol. The van der Waals surface area contributed by atoms with Crippen molar-refractivity contribution in [3.05, 3.63) is 55.7 Å². The van der Waals surface area contributed by atoms with Gasteiger partial charge in [0.05, 0.1) is 12.5 Å². The molecule has 0 bridgehead atoms. The minimum atomic E-state index is -4.42. The molecule has 0 saturated carbocycles. The van der Waals surface area contributed by atoms with Crippen LogP contribution in [0.3, 0.4) is 0 Å². The zero-order chi connectivity index (χ0) is 29.5. The first-order chi connectivity index (χ1) is 18.8. The predicted molar refractivity (Wildman–Crippen MR) is 153 cm³/mol. The van der Waals surface area contributed by atoms with Crippen molar-refractivity contribution >= 4 is 20.9 Å². The highest BCUT2D eigenvalue weighted by atomic mass is 32.2. The van der Waals surface area contributed by atoms with Crippen LogP contribution in [0.1, 0.15) is 94.9 Å². The molecule has 0 N–H and O–H groups in total. The van der Waals surface area contributed by atoms with Gasteiger partial charge in [0.25, 0.3) is 17.0 Å². The summed E-state index contributed by atoms with van der Waals surface area (Å²) in [4.78, 5) is 26.7. The minimum absolute atomic E-state index is 0.0816. The molecule has 11 heteroatoms. The Morgan fingerprint density at radius 2 is 1.52 bits per heavy atom. The number of methoxy groups -OCH3 is 1. The van der Waals surface area contributed by atoms with Gasteiger partial charge in [0, 0.05) is 32.5 Å². The zero-order valence-electron chi connectivity index (χ0n) is 24.5. The number of aromatic nitrogens is 3. The van der Waals surface area contributed by atoms with Crippen LogP contribution in [0.4, 0.5) is 0 Å². The lowest BCUT2D eigenvalue weighted by Crippen LogP contribution is -2.32. The van der Waals surface area contributed by atoms with Gasteiger partial charge in [-0.05, 0) is 47.3 Å². The van der Waals surface area contributed by atoms with Crippen LogP contribution < -0.4 is 20.0 Å². The Hall–Kier alpha value is -3.18. The summed E-state index contributed by atoms with van der Waals surface area (Å²) >= 11 is 0. The van der Waals surface area contributed by atoms with Gasteiger partial charge in [-0.15, -0.1) is 5.10 Å². The van der Waals surface area contributed by atoms with Crippen molar-refractivity contribution < 1.29 is 22.1 Å². The molecule has 10 nitrogen and oxygen atoms in total. The number of fused-ring (bicyclic) bond motifs is 1. The lowest BCUT2D eigenvalue weighted by Gasteiger charge is -2.25. The number of hydrogen-bond acceptors (Lipinski definition) is 8. The largest absolute Gasteiger partial charge is 0.490 e. The molecule has 1 aliphatic rings. The predicted octanol–water partition coefficient (Wildman–Crippen LogP) is 4.59. The Morgan fingerprint density at radius 3 is 2.02 bits per heavy atom. The average molecular weight is 574 g/mol. The second kappa shape index (κ2) is 11.4. The quantitative estimate of drug-likeness (QED) is 0.359. The molecule has 0 amide bonds. The molecule has 3 aromatic rings. The number of rotatable bonds is 8. The number of nitrogens with zero attached hydrogens (tertiary/aromatic N) is 3. The molecule has 0 unspecified atom stereocenters. The van der Waals surface area contributed by atoms with E-state index in [4.69, 9.17) is 13.7 Å².